The minimum atomic E-state index is 1.10. The molecule has 2 nitrogen and oxygen atoms in total. The molecule has 0 saturated carbocycles. The summed E-state index contributed by atoms with van der Waals surface area (Å²) in [5, 5.41) is 7.61. The molecule has 0 aliphatic rings. The van der Waals surface area contributed by atoms with Gasteiger partial charge in [0.1, 0.15) is 0 Å². The zero-order valence-electron chi connectivity index (χ0n) is 31.8. The molecule has 1 heterocycles. The minimum Gasteiger partial charge on any atom is -0.311 e. The third-order valence-corrected chi connectivity index (χ3v) is 11.6. The average Bonchev–Trinajstić information content (AvgIpc) is 3.64. The Labute approximate surface area is 338 Å². The van der Waals surface area contributed by atoms with Crippen molar-refractivity contribution in [3.63, 3.8) is 0 Å². The number of fused-ring (bicyclic) bond motifs is 6. The Balaban J connectivity index is 0.983. The molecule has 0 spiro atoms. The summed E-state index contributed by atoms with van der Waals surface area (Å²) >= 11 is 0. The molecule has 58 heavy (non-hydrogen) atoms. The summed E-state index contributed by atoms with van der Waals surface area (Å²) in [6, 6.07) is 83.6. The second-order valence-electron chi connectivity index (χ2n) is 15.0. The number of aromatic nitrogens is 1. The second kappa shape index (κ2) is 14.1. The smallest absolute Gasteiger partial charge is 0.0541 e. The Morgan fingerprint density at radius 3 is 1.34 bits per heavy atom. The van der Waals surface area contributed by atoms with Gasteiger partial charge >= 0.3 is 0 Å². The van der Waals surface area contributed by atoms with E-state index in [1.165, 1.54) is 76.7 Å². The van der Waals surface area contributed by atoms with Crippen molar-refractivity contribution in [1.29, 1.82) is 0 Å². The van der Waals surface area contributed by atoms with E-state index in [1.807, 2.05) is 0 Å². The first kappa shape index (κ1) is 33.6. The predicted molar refractivity (Wildman–Crippen MR) is 247 cm³/mol. The maximum absolute atomic E-state index is 2.38. The van der Waals surface area contributed by atoms with Gasteiger partial charge < -0.3 is 9.47 Å². The molecule has 11 aromatic rings. The molecule has 272 valence electrons. The van der Waals surface area contributed by atoms with E-state index in [0.717, 1.165) is 22.7 Å². The van der Waals surface area contributed by atoms with Gasteiger partial charge in [-0.3, -0.25) is 0 Å². The van der Waals surface area contributed by atoms with Crippen LogP contribution < -0.4 is 4.90 Å². The third kappa shape index (κ3) is 5.82. The van der Waals surface area contributed by atoms with Gasteiger partial charge in [-0.15, -0.1) is 0 Å². The van der Waals surface area contributed by atoms with E-state index in [4.69, 9.17) is 0 Å². The second-order valence-corrected chi connectivity index (χ2v) is 15.0. The van der Waals surface area contributed by atoms with Crippen LogP contribution in [0.25, 0.3) is 82.4 Å². The van der Waals surface area contributed by atoms with Gasteiger partial charge in [-0.1, -0.05) is 164 Å². The summed E-state index contributed by atoms with van der Waals surface area (Å²) in [6.45, 7) is 0. The number of rotatable bonds is 7. The molecule has 11 rings (SSSR count). The summed E-state index contributed by atoms with van der Waals surface area (Å²) in [4.78, 5) is 2.36. The van der Waals surface area contributed by atoms with Crippen molar-refractivity contribution in [2.45, 2.75) is 0 Å². The van der Waals surface area contributed by atoms with Crippen molar-refractivity contribution in [1.82, 2.24) is 4.57 Å². The van der Waals surface area contributed by atoms with Gasteiger partial charge in [0.15, 0.2) is 0 Å². The van der Waals surface area contributed by atoms with Gasteiger partial charge in [-0.25, -0.2) is 0 Å². The fourth-order valence-corrected chi connectivity index (χ4v) is 8.79. The van der Waals surface area contributed by atoms with E-state index in [1.54, 1.807) is 0 Å². The number of para-hydroxylation sites is 2. The summed E-state index contributed by atoms with van der Waals surface area (Å²) in [5.74, 6) is 0. The molecule has 2 heteroatoms. The van der Waals surface area contributed by atoms with E-state index in [9.17, 15) is 0 Å². The summed E-state index contributed by atoms with van der Waals surface area (Å²) in [5.41, 5.74) is 14.1. The average molecular weight is 739 g/mol. The molecule has 0 unspecified atom stereocenters. The Hall–Kier alpha value is -7.68. The normalized spacial score (nSPS) is 11.4. The lowest BCUT2D eigenvalue weighted by atomic mass is 9.93. The van der Waals surface area contributed by atoms with E-state index in [2.05, 4.69) is 240 Å². The number of anilines is 3. The van der Waals surface area contributed by atoms with Crippen LogP contribution in [0.2, 0.25) is 0 Å². The van der Waals surface area contributed by atoms with Gasteiger partial charge in [-0.05, 0) is 122 Å². The molecular formula is C56H38N2. The molecule has 0 aliphatic heterocycles. The van der Waals surface area contributed by atoms with Crippen LogP contribution in [-0.4, -0.2) is 4.57 Å². The zero-order chi connectivity index (χ0) is 38.4. The molecule has 0 atom stereocenters. The first-order chi connectivity index (χ1) is 28.8. The Kier molecular flexibility index (Phi) is 8.19. The summed E-state index contributed by atoms with van der Waals surface area (Å²) in [7, 11) is 0. The molecule has 0 N–H and O–H groups in total. The Bertz CT molecular complexity index is 3200. The highest BCUT2D eigenvalue weighted by Gasteiger charge is 2.16. The van der Waals surface area contributed by atoms with Gasteiger partial charge in [0, 0.05) is 33.5 Å². The van der Waals surface area contributed by atoms with Crippen LogP contribution in [0.5, 0.6) is 0 Å². The van der Waals surface area contributed by atoms with Crippen molar-refractivity contribution >= 4 is 60.4 Å². The van der Waals surface area contributed by atoms with Gasteiger partial charge in [0.25, 0.3) is 0 Å². The standard InChI is InChI=1S/C56H38N2/c1-2-13-39(14-3-1)40-25-31-45(32-26-40)57(47-35-29-42(30-36-47)54-38-44-15-4-5-18-49(44)50-19-6-7-20-51(50)54)46-33-27-41(28-34-46)43-16-12-17-48(37-43)58-55-23-10-8-21-52(55)53-22-9-11-24-56(53)58/h1-38H. The molecule has 10 aromatic carbocycles. The lowest BCUT2D eigenvalue weighted by Crippen LogP contribution is -2.09. The van der Waals surface area contributed by atoms with Crippen LogP contribution in [0.3, 0.4) is 0 Å². The maximum atomic E-state index is 2.38. The van der Waals surface area contributed by atoms with Gasteiger partial charge in [0.2, 0.25) is 0 Å². The van der Waals surface area contributed by atoms with E-state index >= 15 is 0 Å². The Morgan fingerprint density at radius 2 is 0.724 bits per heavy atom. The monoisotopic (exact) mass is 738 g/mol. The largest absolute Gasteiger partial charge is 0.311 e. The van der Waals surface area contributed by atoms with Crippen molar-refractivity contribution < 1.29 is 0 Å². The fraction of sp³-hybridized carbons (Fsp3) is 0. The lowest BCUT2D eigenvalue weighted by Gasteiger charge is -2.26. The fourth-order valence-electron chi connectivity index (χ4n) is 8.79. The van der Waals surface area contributed by atoms with Gasteiger partial charge in [-0.2, -0.15) is 0 Å². The molecule has 0 radical (unpaired) electrons. The van der Waals surface area contributed by atoms with E-state index in [0.29, 0.717) is 0 Å². The highest BCUT2D eigenvalue weighted by molar-refractivity contribution is 6.14. The van der Waals surface area contributed by atoms with E-state index < -0.39 is 0 Å². The predicted octanol–water partition coefficient (Wildman–Crippen LogP) is 15.6. The first-order valence-corrected chi connectivity index (χ1v) is 19.9. The molecule has 0 saturated heterocycles. The van der Waals surface area contributed by atoms with Crippen LogP contribution in [0.4, 0.5) is 17.1 Å². The highest BCUT2D eigenvalue weighted by Crippen LogP contribution is 2.40. The molecule has 1 aromatic heterocycles. The molecule has 0 amide bonds. The lowest BCUT2D eigenvalue weighted by molar-refractivity contribution is 1.18. The molecule has 0 bridgehead atoms. The summed E-state index contributed by atoms with van der Waals surface area (Å²) < 4.78 is 2.38. The SMILES string of the molecule is c1ccc(-c2ccc(N(c3ccc(-c4cccc(-n5c6ccccc6c6ccccc65)c4)cc3)c3ccc(-c4cc5ccccc5c5ccccc45)cc3)cc2)cc1. The maximum Gasteiger partial charge on any atom is 0.0541 e. The Morgan fingerprint density at radius 1 is 0.276 bits per heavy atom. The van der Waals surface area contributed by atoms with Gasteiger partial charge in [0.05, 0.1) is 11.0 Å². The van der Waals surface area contributed by atoms with Crippen LogP contribution in [0.1, 0.15) is 0 Å². The zero-order valence-corrected chi connectivity index (χ0v) is 31.8. The summed E-state index contributed by atoms with van der Waals surface area (Å²) in [6.07, 6.45) is 0. The van der Waals surface area contributed by atoms with Crippen molar-refractivity contribution in [3.8, 4) is 39.1 Å². The van der Waals surface area contributed by atoms with E-state index in [-0.39, 0.29) is 0 Å². The van der Waals surface area contributed by atoms with Crippen molar-refractivity contribution in [2.75, 3.05) is 4.90 Å². The van der Waals surface area contributed by atoms with Crippen LogP contribution in [0, 0.1) is 0 Å². The molecule has 0 aliphatic carbocycles. The first-order valence-electron chi connectivity index (χ1n) is 19.9. The quantitative estimate of drug-likeness (QED) is 0.148. The highest BCUT2D eigenvalue weighted by atomic mass is 15.1. The van der Waals surface area contributed by atoms with Crippen molar-refractivity contribution in [2.24, 2.45) is 0 Å². The molecule has 0 fully saturated rings. The van der Waals surface area contributed by atoms with Crippen LogP contribution >= 0.6 is 0 Å². The minimum absolute atomic E-state index is 1.10. The van der Waals surface area contributed by atoms with Crippen LogP contribution in [0.15, 0.2) is 231 Å². The number of benzene rings is 10. The number of hydrogen-bond donors (Lipinski definition) is 0. The topological polar surface area (TPSA) is 8.17 Å². The van der Waals surface area contributed by atoms with Crippen molar-refractivity contribution in [3.05, 3.63) is 231 Å². The third-order valence-electron chi connectivity index (χ3n) is 11.6. The number of hydrogen-bond acceptors (Lipinski definition) is 1. The van der Waals surface area contributed by atoms with Crippen LogP contribution in [-0.2, 0) is 0 Å². The molecular weight excluding hydrogens is 701 g/mol. The number of nitrogens with zero attached hydrogens (tertiary/aromatic N) is 2.